The second-order valence-corrected chi connectivity index (χ2v) is 5.35. The molecule has 2 nitrogen and oxygen atoms in total. The second-order valence-electron chi connectivity index (χ2n) is 4.23. The van der Waals surface area contributed by atoms with Crippen LogP contribution in [0.4, 0.5) is 0 Å². The van der Waals surface area contributed by atoms with Crippen molar-refractivity contribution in [3.05, 3.63) is 45.6 Å². The van der Waals surface area contributed by atoms with Gasteiger partial charge in [0, 0.05) is 11.5 Å². The van der Waals surface area contributed by atoms with Crippen molar-refractivity contribution >= 4 is 11.3 Å². The molecule has 1 N–H and O–H groups in total. The molecule has 1 heterocycles. The van der Waals surface area contributed by atoms with Crippen LogP contribution in [0.2, 0.25) is 0 Å². The number of aliphatic hydroxyl groups is 1. The van der Waals surface area contributed by atoms with E-state index in [4.69, 9.17) is 4.74 Å². The fourth-order valence-corrected chi connectivity index (χ4v) is 2.65. The summed E-state index contributed by atoms with van der Waals surface area (Å²) in [6.07, 6.45) is 0. The van der Waals surface area contributed by atoms with E-state index in [1.54, 1.807) is 11.3 Å². The number of ether oxygens (including phenoxy) is 1. The Hall–Kier alpha value is -1.16. The molecule has 0 saturated heterocycles. The average Bonchev–Trinajstić information content (AvgIpc) is 2.82. The van der Waals surface area contributed by atoms with Gasteiger partial charge in [0.25, 0.3) is 0 Å². The largest absolute Gasteiger partial charge is 0.392 e. The van der Waals surface area contributed by atoms with Crippen molar-refractivity contribution in [1.29, 1.82) is 0 Å². The van der Waals surface area contributed by atoms with Gasteiger partial charge in [-0.15, -0.1) is 11.3 Å². The molecule has 18 heavy (non-hydrogen) atoms. The molecule has 0 aliphatic heterocycles. The minimum absolute atomic E-state index is 0.0715. The van der Waals surface area contributed by atoms with Crippen LogP contribution in [-0.2, 0) is 18.0 Å². The van der Waals surface area contributed by atoms with Gasteiger partial charge < -0.3 is 9.84 Å². The van der Waals surface area contributed by atoms with E-state index in [1.165, 1.54) is 16.0 Å². The lowest BCUT2D eigenvalue weighted by atomic mass is 10.00. The van der Waals surface area contributed by atoms with E-state index in [0.29, 0.717) is 13.2 Å². The van der Waals surface area contributed by atoms with Gasteiger partial charge in [-0.05, 0) is 47.5 Å². The van der Waals surface area contributed by atoms with Crippen LogP contribution in [-0.4, -0.2) is 11.7 Å². The fraction of sp³-hybridized carbons (Fsp3) is 0.333. The summed E-state index contributed by atoms with van der Waals surface area (Å²) in [6, 6.07) is 8.26. The highest BCUT2D eigenvalue weighted by molar-refractivity contribution is 7.10. The topological polar surface area (TPSA) is 29.5 Å². The third-order valence-corrected chi connectivity index (χ3v) is 3.72. The van der Waals surface area contributed by atoms with Gasteiger partial charge in [0.2, 0.25) is 0 Å². The Bertz CT molecular complexity index is 517. The lowest BCUT2D eigenvalue weighted by Gasteiger charge is -2.10. The predicted molar refractivity (Wildman–Crippen MR) is 75.7 cm³/mol. The first-order valence-electron chi connectivity index (χ1n) is 6.10. The van der Waals surface area contributed by atoms with Crippen molar-refractivity contribution in [3.8, 4) is 11.1 Å². The Morgan fingerprint density at radius 2 is 2.11 bits per heavy atom. The number of hydrogen-bond donors (Lipinski definition) is 1. The predicted octanol–water partition coefficient (Wildman–Crippen LogP) is 3.75. The van der Waals surface area contributed by atoms with Crippen LogP contribution in [0.15, 0.2) is 29.6 Å². The Kier molecular flexibility index (Phi) is 4.53. The molecule has 1 aromatic carbocycles. The van der Waals surface area contributed by atoms with Crippen LogP contribution < -0.4 is 0 Å². The molecule has 2 rings (SSSR count). The first kappa shape index (κ1) is 13.3. The summed E-state index contributed by atoms with van der Waals surface area (Å²) >= 11 is 1.75. The van der Waals surface area contributed by atoms with Gasteiger partial charge in [0.15, 0.2) is 0 Å². The Balaban J connectivity index is 2.38. The fourth-order valence-electron chi connectivity index (χ4n) is 1.94. The lowest BCUT2D eigenvalue weighted by Crippen LogP contribution is -1.96. The van der Waals surface area contributed by atoms with E-state index in [0.717, 1.165) is 11.1 Å². The molecule has 0 spiro atoms. The molecular weight excluding hydrogens is 244 g/mol. The molecule has 96 valence electrons. The zero-order chi connectivity index (χ0) is 13.0. The van der Waals surface area contributed by atoms with Crippen molar-refractivity contribution < 1.29 is 9.84 Å². The third-order valence-electron chi connectivity index (χ3n) is 2.86. The molecule has 0 unspecified atom stereocenters. The Morgan fingerprint density at radius 3 is 2.72 bits per heavy atom. The van der Waals surface area contributed by atoms with Gasteiger partial charge in [0.1, 0.15) is 0 Å². The zero-order valence-corrected chi connectivity index (χ0v) is 11.6. The molecule has 2 aromatic rings. The van der Waals surface area contributed by atoms with Crippen LogP contribution in [0.5, 0.6) is 0 Å². The van der Waals surface area contributed by atoms with Crippen molar-refractivity contribution in [3.63, 3.8) is 0 Å². The summed E-state index contributed by atoms with van der Waals surface area (Å²) in [5.41, 5.74) is 4.50. The highest BCUT2D eigenvalue weighted by Crippen LogP contribution is 2.29. The lowest BCUT2D eigenvalue weighted by molar-refractivity contribution is 0.134. The molecule has 0 radical (unpaired) electrons. The van der Waals surface area contributed by atoms with E-state index < -0.39 is 0 Å². The van der Waals surface area contributed by atoms with E-state index in [-0.39, 0.29) is 6.61 Å². The summed E-state index contributed by atoms with van der Waals surface area (Å²) < 4.78 is 5.51. The van der Waals surface area contributed by atoms with Crippen LogP contribution in [0.1, 0.15) is 22.9 Å². The number of hydrogen-bond acceptors (Lipinski definition) is 3. The summed E-state index contributed by atoms with van der Waals surface area (Å²) in [7, 11) is 0. The summed E-state index contributed by atoms with van der Waals surface area (Å²) in [4.78, 5) is 1.30. The number of thiophene rings is 1. The van der Waals surface area contributed by atoms with E-state index in [9.17, 15) is 5.11 Å². The highest BCUT2D eigenvalue weighted by Gasteiger charge is 2.08. The van der Waals surface area contributed by atoms with E-state index in [1.807, 2.05) is 19.1 Å². The van der Waals surface area contributed by atoms with Crippen molar-refractivity contribution in [2.24, 2.45) is 0 Å². The third kappa shape index (κ3) is 2.99. The quantitative estimate of drug-likeness (QED) is 0.889. The molecule has 0 aliphatic carbocycles. The highest BCUT2D eigenvalue weighted by atomic mass is 32.1. The summed E-state index contributed by atoms with van der Waals surface area (Å²) in [6.45, 7) is 5.46. The first-order valence-corrected chi connectivity index (χ1v) is 6.98. The molecule has 0 atom stereocenters. The monoisotopic (exact) mass is 262 g/mol. The molecule has 0 aliphatic rings. The van der Waals surface area contributed by atoms with Gasteiger partial charge in [-0.25, -0.2) is 0 Å². The maximum atomic E-state index is 9.21. The Morgan fingerprint density at radius 1 is 1.28 bits per heavy atom. The average molecular weight is 262 g/mol. The van der Waals surface area contributed by atoms with Crippen molar-refractivity contribution in [1.82, 2.24) is 0 Å². The van der Waals surface area contributed by atoms with Gasteiger partial charge in [-0.3, -0.25) is 0 Å². The van der Waals surface area contributed by atoms with Crippen molar-refractivity contribution in [2.45, 2.75) is 27.1 Å². The molecule has 0 saturated carbocycles. The maximum Gasteiger partial charge on any atom is 0.0722 e. The molecule has 3 heteroatoms. The van der Waals surface area contributed by atoms with Gasteiger partial charge in [-0.2, -0.15) is 0 Å². The molecule has 0 fully saturated rings. The van der Waals surface area contributed by atoms with Crippen LogP contribution in [0.3, 0.4) is 0 Å². The second kappa shape index (κ2) is 6.14. The molecule has 0 bridgehead atoms. The Labute approximate surface area is 112 Å². The van der Waals surface area contributed by atoms with E-state index >= 15 is 0 Å². The smallest absolute Gasteiger partial charge is 0.0722 e. The minimum atomic E-state index is 0.0715. The van der Waals surface area contributed by atoms with Crippen molar-refractivity contribution in [2.75, 3.05) is 6.61 Å². The summed E-state index contributed by atoms with van der Waals surface area (Å²) in [5, 5.41) is 11.4. The normalized spacial score (nSPS) is 10.8. The number of benzene rings is 1. The van der Waals surface area contributed by atoms with Gasteiger partial charge in [-0.1, -0.05) is 18.2 Å². The zero-order valence-electron chi connectivity index (χ0n) is 10.8. The number of aliphatic hydroxyl groups excluding tert-OH is 1. The van der Waals surface area contributed by atoms with E-state index in [2.05, 4.69) is 24.4 Å². The minimum Gasteiger partial charge on any atom is -0.392 e. The molecule has 1 aromatic heterocycles. The van der Waals surface area contributed by atoms with Crippen LogP contribution >= 0.6 is 11.3 Å². The number of aryl methyl sites for hydroxylation is 1. The van der Waals surface area contributed by atoms with Gasteiger partial charge in [0.05, 0.1) is 13.2 Å². The SMILES string of the molecule is CCOCc1cc(CO)ccc1-c1csc(C)c1. The van der Waals surface area contributed by atoms with Crippen LogP contribution in [0, 0.1) is 6.92 Å². The maximum absolute atomic E-state index is 9.21. The first-order chi connectivity index (χ1) is 8.74. The molecular formula is C15H18O2S. The van der Waals surface area contributed by atoms with Gasteiger partial charge >= 0.3 is 0 Å². The summed E-state index contributed by atoms with van der Waals surface area (Å²) in [5.74, 6) is 0. The standard InChI is InChI=1S/C15H18O2S/c1-3-17-9-13-7-12(8-16)4-5-15(13)14-6-11(2)18-10-14/h4-7,10,16H,3,8-9H2,1-2H3. The number of rotatable bonds is 5. The van der Waals surface area contributed by atoms with Crippen LogP contribution in [0.25, 0.3) is 11.1 Å². The molecule has 0 amide bonds.